The molecule has 0 aliphatic carbocycles. The molecule has 0 bridgehead atoms. The summed E-state index contributed by atoms with van der Waals surface area (Å²) in [6.45, 7) is 5.81. The van der Waals surface area contributed by atoms with Crippen molar-refractivity contribution in [2.75, 3.05) is 18.5 Å². The van der Waals surface area contributed by atoms with Crippen LogP contribution >= 0.6 is 0 Å². The van der Waals surface area contributed by atoms with Gasteiger partial charge < -0.3 is 16.0 Å². The zero-order valence-corrected chi connectivity index (χ0v) is 19.7. The smallest absolute Gasteiger partial charge is 0.253 e. The van der Waals surface area contributed by atoms with Crippen molar-refractivity contribution >= 4 is 23.5 Å². The first kappa shape index (κ1) is 23.1. The van der Waals surface area contributed by atoms with Gasteiger partial charge in [0.15, 0.2) is 0 Å². The van der Waals surface area contributed by atoms with Crippen molar-refractivity contribution < 1.29 is 4.79 Å². The van der Waals surface area contributed by atoms with Crippen LogP contribution in [0, 0.1) is 6.92 Å². The Bertz CT molecular complexity index is 1250. The molecule has 1 aliphatic heterocycles. The number of nitrogens with two attached hydrogens (primary N) is 1. The van der Waals surface area contributed by atoms with Crippen LogP contribution in [0.2, 0.25) is 0 Å². The van der Waals surface area contributed by atoms with Crippen molar-refractivity contribution in [1.29, 1.82) is 0 Å². The monoisotopic (exact) mass is 455 g/mol. The van der Waals surface area contributed by atoms with Gasteiger partial charge in [0.1, 0.15) is 5.82 Å². The van der Waals surface area contributed by atoms with Crippen LogP contribution in [0.3, 0.4) is 0 Å². The third-order valence-corrected chi connectivity index (χ3v) is 5.85. The van der Waals surface area contributed by atoms with E-state index in [1.807, 2.05) is 38.2 Å². The van der Waals surface area contributed by atoms with Crippen molar-refractivity contribution in [3.63, 3.8) is 0 Å². The van der Waals surface area contributed by atoms with Crippen molar-refractivity contribution in [2.24, 2.45) is 10.7 Å². The molecule has 3 aromatic heterocycles. The number of hydrogen-bond acceptors (Lipinski definition) is 7. The Balaban J connectivity index is 1.50. The summed E-state index contributed by atoms with van der Waals surface area (Å²) >= 11 is 0. The lowest BCUT2D eigenvalue weighted by molar-refractivity contribution is 0.0950. The van der Waals surface area contributed by atoms with E-state index in [2.05, 4.69) is 36.2 Å². The molecule has 0 saturated carbocycles. The predicted octanol–water partition coefficient (Wildman–Crippen LogP) is 3.06. The van der Waals surface area contributed by atoms with Gasteiger partial charge in [0.05, 0.1) is 5.56 Å². The van der Waals surface area contributed by atoms with Crippen LogP contribution in [0.4, 0.5) is 5.82 Å². The van der Waals surface area contributed by atoms with E-state index in [1.165, 1.54) is 0 Å². The third kappa shape index (κ3) is 5.11. The maximum Gasteiger partial charge on any atom is 0.253 e. The minimum Gasteiger partial charge on any atom is -0.402 e. The third-order valence-electron chi connectivity index (χ3n) is 5.85. The van der Waals surface area contributed by atoms with E-state index in [4.69, 9.17) is 5.73 Å². The van der Waals surface area contributed by atoms with Gasteiger partial charge in [0, 0.05) is 86.6 Å². The molecular formula is C26H29N7O. The predicted molar refractivity (Wildman–Crippen MR) is 135 cm³/mol. The number of nitrogens with zero attached hydrogens (tertiary/aromatic N) is 5. The highest BCUT2D eigenvalue weighted by molar-refractivity contribution is 6.10. The fourth-order valence-corrected chi connectivity index (χ4v) is 4.10. The lowest BCUT2D eigenvalue weighted by Gasteiger charge is -2.30. The zero-order chi connectivity index (χ0) is 24.1. The summed E-state index contributed by atoms with van der Waals surface area (Å²) in [6, 6.07) is 7.79. The van der Waals surface area contributed by atoms with Crippen molar-refractivity contribution in [2.45, 2.75) is 33.4 Å². The number of aliphatic imine (C=N–C) groups is 1. The first-order valence-corrected chi connectivity index (χ1v) is 11.2. The first-order valence-electron chi connectivity index (χ1n) is 11.2. The van der Waals surface area contributed by atoms with E-state index < -0.39 is 0 Å². The molecule has 1 aliphatic rings. The van der Waals surface area contributed by atoms with E-state index in [9.17, 15) is 4.79 Å². The van der Waals surface area contributed by atoms with Crippen LogP contribution in [0.25, 0.3) is 5.57 Å². The molecule has 0 unspecified atom stereocenters. The van der Waals surface area contributed by atoms with Gasteiger partial charge >= 0.3 is 0 Å². The Hall–Kier alpha value is -4.07. The summed E-state index contributed by atoms with van der Waals surface area (Å²) in [5.41, 5.74) is 13.3. The number of carbonyl (C=O) groups excluding carboxylic acids is 1. The number of pyridine rings is 3. The number of amides is 1. The number of aryl methyl sites for hydroxylation is 1. The Kier molecular flexibility index (Phi) is 6.96. The second-order valence-electron chi connectivity index (χ2n) is 8.39. The van der Waals surface area contributed by atoms with Gasteiger partial charge in [-0.15, -0.1) is 0 Å². The minimum absolute atomic E-state index is 0.147. The maximum absolute atomic E-state index is 12.6. The van der Waals surface area contributed by atoms with Gasteiger partial charge in [-0.1, -0.05) is 0 Å². The van der Waals surface area contributed by atoms with Crippen LogP contribution < -0.4 is 16.0 Å². The number of aromatic nitrogens is 3. The zero-order valence-electron chi connectivity index (χ0n) is 19.7. The summed E-state index contributed by atoms with van der Waals surface area (Å²) in [5, 5.41) is 2.94. The second-order valence-corrected chi connectivity index (χ2v) is 8.39. The molecule has 4 rings (SSSR count). The van der Waals surface area contributed by atoms with Crippen LogP contribution in [-0.2, 0) is 19.5 Å². The average Bonchev–Trinajstić information content (AvgIpc) is 2.85. The lowest BCUT2D eigenvalue weighted by atomic mass is 9.99. The highest BCUT2D eigenvalue weighted by Gasteiger charge is 2.21. The molecule has 0 saturated heterocycles. The summed E-state index contributed by atoms with van der Waals surface area (Å²) in [5.74, 6) is 0.730. The summed E-state index contributed by atoms with van der Waals surface area (Å²) in [6.07, 6.45) is 9.53. The largest absolute Gasteiger partial charge is 0.402 e. The number of allylic oxidation sites excluding steroid dienone is 2. The number of fused-ring (bicyclic) bond motifs is 1. The molecule has 3 aromatic rings. The van der Waals surface area contributed by atoms with Gasteiger partial charge in [0.2, 0.25) is 0 Å². The van der Waals surface area contributed by atoms with E-state index in [1.54, 1.807) is 31.9 Å². The highest BCUT2D eigenvalue weighted by atomic mass is 16.1. The van der Waals surface area contributed by atoms with Gasteiger partial charge in [-0.05, 0) is 54.8 Å². The number of carbonyl (C=O) groups is 1. The van der Waals surface area contributed by atoms with Crippen LogP contribution in [0.1, 0.15) is 45.2 Å². The molecule has 0 atom stereocenters. The quantitative estimate of drug-likeness (QED) is 0.553. The van der Waals surface area contributed by atoms with Crippen LogP contribution in [0.5, 0.6) is 0 Å². The lowest BCUT2D eigenvalue weighted by Crippen LogP contribution is -2.32. The second kappa shape index (κ2) is 10.2. The molecular weight excluding hydrogens is 426 g/mol. The molecule has 4 heterocycles. The van der Waals surface area contributed by atoms with Gasteiger partial charge in [-0.2, -0.15) is 0 Å². The highest BCUT2D eigenvalue weighted by Crippen LogP contribution is 2.27. The van der Waals surface area contributed by atoms with Crippen LogP contribution in [-0.4, -0.2) is 40.7 Å². The molecule has 0 spiro atoms. The Morgan fingerprint density at radius 3 is 2.68 bits per heavy atom. The Morgan fingerprint density at radius 1 is 1.21 bits per heavy atom. The van der Waals surface area contributed by atoms with Gasteiger partial charge in [-0.3, -0.25) is 19.8 Å². The Morgan fingerprint density at radius 2 is 1.97 bits per heavy atom. The summed E-state index contributed by atoms with van der Waals surface area (Å²) < 4.78 is 0. The van der Waals surface area contributed by atoms with Gasteiger partial charge in [-0.25, -0.2) is 4.98 Å². The summed E-state index contributed by atoms with van der Waals surface area (Å²) in [7, 11) is 1.73. The molecule has 8 nitrogen and oxygen atoms in total. The SMILES string of the molecule is CN=C/C(=C(/C)N)c1cnc2c(c1)CN(c1ncc(C(=O)NCc3ccncc3)cc1C)CC2. The van der Waals surface area contributed by atoms with Crippen molar-refractivity contribution in [1.82, 2.24) is 20.3 Å². The molecule has 0 radical (unpaired) electrons. The fraction of sp³-hybridized carbons (Fsp3) is 0.269. The number of hydrogen-bond donors (Lipinski definition) is 2. The molecule has 3 N–H and O–H groups in total. The molecule has 1 amide bonds. The molecule has 8 heteroatoms. The van der Waals surface area contributed by atoms with Crippen molar-refractivity contribution in [3.8, 4) is 0 Å². The normalized spacial score (nSPS) is 14.0. The number of anilines is 1. The topological polar surface area (TPSA) is 109 Å². The van der Waals surface area contributed by atoms with E-state index in [-0.39, 0.29) is 5.91 Å². The van der Waals surface area contributed by atoms with E-state index in [0.717, 1.165) is 52.3 Å². The summed E-state index contributed by atoms with van der Waals surface area (Å²) in [4.78, 5) is 32.3. The van der Waals surface area contributed by atoms with Gasteiger partial charge in [0.25, 0.3) is 5.91 Å². The average molecular weight is 456 g/mol. The molecule has 174 valence electrons. The fourth-order valence-electron chi connectivity index (χ4n) is 4.10. The van der Waals surface area contributed by atoms with Crippen LogP contribution in [0.15, 0.2) is 59.7 Å². The number of nitrogens with one attached hydrogen (secondary N) is 1. The molecule has 0 aromatic carbocycles. The molecule has 0 fully saturated rings. The Labute approximate surface area is 199 Å². The standard InChI is InChI=1S/C26H29N7O/c1-17-10-21(26(34)32-12-19-4-7-29-8-5-19)14-31-25(17)33-9-6-24-22(16-33)11-20(13-30-24)23(15-28-3)18(2)27/h4-5,7-8,10-11,13-15H,6,9,12,16,27H2,1-3H3,(H,32,34)/b23-18+,28-15?. The molecule has 34 heavy (non-hydrogen) atoms. The number of rotatable bonds is 6. The van der Waals surface area contributed by atoms with E-state index in [0.29, 0.717) is 24.4 Å². The van der Waals surface area contributed by atoms with Crippen molar-refractivity contribution in [3.05, 3.63) is 88.3 Å². The maximum atomic E-state index is 12.6. The first-order chi connectivity index (χ1) is 16.5. The van der Waals surface area contributed by atoms with E-state index >= 15 is 0 Å². The minimum atomic E-state index is -0.147.